The third kappa shape index (κ3) is 4.59. The molecule has 2 N–H and O–H groups in total. The number of amides is 1. The Morgan fingerprint density at radius 3 is 2.88 bits per heavy atom. The minimum atomic E-state index is -0.526. The second-order valence-corrected chi connectivity index (χ2v) is 7.01. The van der Waals surface area contributed by atoms with Gasteiger partial charge in [0.1, 0.15) is 0 Å². The van der Waals surface area contributed by atoms with Gasteiger partial charge in [0, 0.05) is 19.6 Å². The number of β-amino-alcohol motifs (C(OH)–C–C–N with tert-alkyl or cyclic N) is 1. The molecule has 0 spiro atoms. The van der Waals surface area contributed by atoms with Crippen LogP contribution < -0.4 is 5.32 Å². The minimum Gasteiger partial charge on any atom is -0.387 e. The molecule has 1 aliphatic rings. The first-order valence-corrected chi connectivity index (χ1v) is 9.34. The van der Waals surface area contributed by atoms with Gasteiger partial charge in [0.05, 0.1) is 12.0 Å². The zero-order valence-electron chi connectivity index (χ0n) is 14.9. The van der Waals surface area contributed by atoms with Gasteiger partial charge in [-0.1, -0.05) is 43.3 Å². The fourth-order valence-corrected chi connectivity index (χ4v) is 3.59. The summed E-state index contributed by atoms with van der Waals surface area (Å²) < 4.78 is 0. The third-order valence-electron chi connectivity index (χ3n) is 5.01. The number of carbonyl (C=O) groups is 1. The number of nitrogens with one attached hydrogen (secondary N) is 1. The van der Waals surface area contributed by atoms with Crippen LogP contribution in [-0.4, -0.2) is 42.1 Å². The van der Waals surface area contributed by atoms with E-state index in [-0.39, 0.29) is 11.8 Å². The molecule has 0 bridgehead atoms. The highest BCUT2D eigenvalue weighted by Gasteiger charge is 2.26. The predicted molar refractivity (Wildman–Crippen MR) is 101 cm³/mol. The van der Waals surface area contributed by atoms with E-state index in [1.54, 1.807) is 0 Å². The van der Waals surface area contributed by atoms with Gasteiger partial charge in [0.15, 0.2) is 0 Å². The first kappa shape index (κ1) is 17.9. The Morgan fingerprint density at radius 1 is 1.28 bits per heavy atom. The molecule has 1 heterocycles. The molecule has 1 aliphatic heterocycles. The SMILES string of the molecule is CCCNC(=O)[C@H]1CCCN(C[C@H](O)c2ccc3ccccc3c2)C1. The Bertz CT molecular complexity index is 716. The summed E-state index contributed by atoms with van der Waals surface area (Å²) in [6.07, 6.45) is 2.39. The van der Waals surface area contributed by atoms with Gasteiger partial charge in [-0.05, 0) is 48.2 Å². The summed E-state index contributed by atoms with van der Waals surface area (Å²) in [5.74, 6) is 0.204. The number of likely N-dealkylation sites (tertiary alicyclic amines) is 1. The van der Waals surface area contributed by atoms with Crippen LogP contribution in [0.4, 0.5) is 0 Å². The molecule has 2 atom stereocenters. The molecule has 2 aromatic carbocycles. The second-order valence-electron chi connectivity index (χ2n) is 7.01. The fourth-order valence-electron chi connectivity index (χ4n) is 3.59. The van der Waals surface area contributed by atoms with Crippen molar-refractivity contribution in [3.63, 3.8) is 0 Å². The van der Waals surface area contributed by atoms with Gasteiger partial charge in [0.25, 0.3) is 0 Å². The number of benzene rings is 2. The molecule has 25 heavy (non-hydrogen) atoms. The quantitative estimate of drug-likeness (QED) is 0.849. The Balaban J connectivity index is 1.61. The second kappa shape index (κ2) is 8.45. The van der Waals surface area contributed by atoms with Crippen molar-refractivity contribution < 1.29 is 9.90 Å². The number of hydrogen-bond donors (Lipinski definition) is 2. The largest absolute Gasteiger partial charge is 0.387 e. The summed E-state index contributed by atoms with van der Waals surface area (Å²) in [4.78, 5) is 14.4. The molecule has 0 radical (unpaired) electrons. The topological polar surface area (TPSA) is 52.6 Å². The Labute approximate surface area is 149 Å². The number of rotatable bonds is 6. The molecular formula is C21H28N2O2. The van der Waals surface area contributed by atoms with Gasteiger partial charge in [-0.2, -0.15) is 0 Å². The molecular weight excluding hydrogens is 312 g/mol. The highest BCUT2D eigenvalue weighted by molar-refractivity contribution is 5.83. The maximum atomic E-state index is 12.2. The molecule has 134 valence electrons. The predicted octanol–water partition coefficient (Wildman–Crippen LogP) is 3.11. The molecule has 2 aromatic rings. The van der Waals surface area contributed by atoms with Crippen molar-refractivity contribution in [1.82, 2.24) is 10.2 Å². The van der Waals surface area contributed by atoms with E-state index in [0.717, 1.165) is 49.8 Å². The molecule has 1 amide bonds. The lowest BCUT2D eigenvalue weighted by atomic mass is 9.96. The number of piperidine rings is 1. The smallest absolute Gasteiger partial charge is 0.224 e. The molecule has 0 aliphatic carbocycles. The van der Waals surface area contributed by atoms with Crippen molar-refractivity contribution in [1.29, 1.82) is 0 Å². The van der Waals surface area contributed by atoms with Crippen molar-refractivity contribution in [3.05, 3.63) is 48.0 Å². The molecule has 0 aromatic heterocycles. The van der Waals surface area contributed by atoms with E-state index in [1.807, 2.05) is 18.2 Å². The van der Waals surface area contributed by atoms with Crippen molar-refractivity contribution in [2.45, 2.75) is 32.3 Å². The third-order valence-corrected chi connectivity index (χ3v) is 5.01. The maximum absolute atomic E-state index is 12.2. The van der Waals surface area contributed by atoms with Gasteiger partial charge in [-0.3, -0.25) is 9.69 Å². The average molecular weight is 340 g/mol. The van der Waals surface area contributed by atoms with E-state index in [9.17, 15) is 9.90 Å². The first-order valence-electron chi connectivity index (χ1n) is 9.34. The number of carbonyl (C=O) groups excluding carboxylic acids is 1. The lowest BCUT2D eigenvalue weighted by Crippen LogP contribution is -2.44. The van der Waals surface area contributed by atoms with Crippen molar-refractivity contribution >= 4 is 16.7 Å². The number of aliphatic hydroxyl groups is 1. The van der Waals surface area contributed by atoms with Gasteiger partial charge >= 0.3 is 0 Å². The summed E-state index contributed by atoms with van der Waals surface area (Å²) >= 11 is 0. The Hall–Kier alpha value is -1.91. The summed E-state index contributed by atoms with van der Waals surface area (Å²) in [5, 5.41) is 16.0. The lowest BCUT2D eigenvalue weighted by molar-refractivity contribution is -0.126. The monoisotopic (exact) mass is 340 g/mol. The van der Waals surface area contributed by atoms with E-state index >= 15 is 0 Å². The molecule has 1 fully saturated rings. The maximum Gasteiger partial charge on any atom is 0.224 e. The summed E-state index contributed by atoms with van der Waals surface area (Å²) in [6, 6.07) is 14.3. The Morgan fingerprint density at radius 2 is 2.08 bits per heavy atom. The number of nitrogens with zero attached hydrogens (tertiary/aromatic N) is 1. The van der Waals surface area contributed by atoms with E-state index in [4.69, 9.17) is 0 Å². The normalized spacial score (nSPS) is 19.7. The van der Waals surface area contributed by atoms with Crippen LogP contribution in [0.2, 0.25) is 0 Å². The molecule has 0 unspecified atom stereocenters. The minimum absolute atomic E-state index is 0.0455. The summed E-state index contributed by atoms with van der Waals surface area (Å²) in [6.45, 7) is 5.07. The van der Waals surface area contributed by atoms with E-state index in [2.05, 4.69) is 41.4 Å². The standard InChI is InChI=1S/C21H28N2O2/c1-2-11-22-21(25)19-8-5-12-23(14-19)15-20(24)18-10-9-16-6-3-4-7-17(16)13-18/h3-4,6-7,9-10,13,19-20,24H,2,5,8,11-12,14-15H2,1H3,(H,22,25)/t19-,20-/m0/s1. The van der Waals surface area contributed by atoms with Crippen LogP contribution in [0, 0.1) is 5.92 Å². The average Bonchev–Trinajstić information content (AvgIpc) is 2.65. The van der Waals surface area contributed by atoms with E-state index in [0.29, 0.717) is 6.54 Å². The van der Waals surface area contributed by atoms with E-state index in [1.165, 1.54) is 5.39 Å². The number of hydrogen-bond acceptors (Lipinski definition) is 3. The lowest BCUT2D eigenvalue weighted by Gasteiger charge is -2.33. The molecule has 4 heteroatoms. The van der Waals surface area contributed by atoms with Crippen molar-refractivity contribution in [2.24, 2.45) is 5.92 Å². The zero-order chi connectivity index (χ0) is 17.6. The van der Waals surface area contributed by atoms with Crippen LogP contribution in [0.3, 0.4) is 0 Å². The number of aliphatic hydroxyl groups excluding tert-OH is 1. The van der Waals surface area contributed by atoms with E-state index < -0.39 is 6.10 Å². The van der Waals surface area contributed by atoms with Gasteiger partial charge in [-0.15, -0.1) is 0 Å². The van der Waals surface area contributed by atoms with Crippen LogP contribution in [0.15, 0.2) is 42.5 Å². The first-order chi connectivity index (χ1) is 12.2. The van der Waals surface area contributed by atoms with Crippen LogP contribution in [0.25, 0.3) is 10.8 Å². The van der Waals surface area contributed by atoms with Crippen LogP contribution >= 0.6 is 0 Å². The highest BCUT2D eigenvalue weighted by atomic mass is 16.3. The summed E-state index contributed by atoms with van der Waals surface area (Å²) in [7, 11) is 0. The van der Waals surface area contributed by atoms with Crippen LogP contribution in [-0.2, 0) is 4.79 Å². The Kier molecular flexibility index (Phi) is 6.05. The van der Waals surface area contributed by atoms with Crippen molar-refractivity contribution in [3.8, 4) is 0 Å². The molecule has 3 rings (SSSR count). The zero-order valence-corrected chi connectivity index (χ0v) is 14.9. The summed E-state index contributed by atoms with van der Waals surface area (Å²) in [5.41, 5.74) is 0.941. The highest BCUT2D eigenvalue weighted by Crippen LogP contribution is 2.23. The van der Waals surface area contributed by atoms with Crippen molar-refractivity contribution in [2.75, 3.05) is 26.2 Å². The van der Waals surface area contributed by atoms with Gasteiger partial charge in [0.2, 0.25) is 5.91 Å². The molecule has 1 saturated heterocycles. The fraction of sp³-hybridized carbons (Fsp3) is 0.476. The molecule has 4 nitrogen and oxygen atoms in total. The van der Waals surface area contributed by atoms with Gasteiger partial charge in [-0.25, -0.2) is 0 Å². The van der Waals surface area contributed by atoms with Gasteiger partial charge < -0.3 is 10.4 Å². The van der Waals surface area contributed by atoms with Crippen LogP contribution in [0.1, 0.15) is 37.9 Å². The van der Waals surface area contributed by atoms with Crippen LogP contribution in [0.5, 0.6) is 0 Å². The number of fused-ring (bicyclic) bond motifs is 1. The molecule has 0 saturated carbocycles.